The molecular weight excluding hydrogens is 238 g/mol. The highest BCUT2D eigenvalue weighted by atomic mass is 19.1. The molecule has 1 heterocycles. The molecule has 2 rings (SSSR count). The van der Waals surface area contributed by atoms with Crippen LogP contribution in [-0.4, -0.2) is 21.5 Å². The van der Waals surface area contributed by atoms with Crippen molar-refractivity contribution in [3.05, 3.63) is 47.8 Å². The third-order valence-electron chi connectivity index (χ3n) is 2.70. The average molecular weight is 252 g/mol. The third kappa shape index (κ3) is 2.89. The fourth-order valence-corrected chi connectivity index (χ4v) is 1.77. The van der Waals surface area contributed by atoms with E-state index in [0.29, 0.717) is 13.1 Å². The van der Waals surface area contributed by atoms with Crippen molar-refractivity contribution in [1.29, 1.82) is 0 Å². The lowest BCUT2D eigenvalue weighted by atomic mass is 10.1. The number of hydrogen-bond acceptors (Lipinski definition) is 3. The second-order valence-corrected chi connectivity index (χ2v) is 3.98. The van der Waals surface area contributed by atoms with Crippen molar-refractivity contribution in [2.75, 3.05) is 6.54 Å². The molecule has 0 radical (unpaired) electrons. The minimum atomic E-state index is -0.532. The third-order valence-corrected chi connectivity index (χ3v) is 2.70. The van der Waals surface area contributed by atoms with Gasteiger partial charge in [0.05, 0.1) is 12.7 Å². The van der Waals surface area contributed by atoms with E-state index in [0.717, 1.165) is 0 Å². The molecule has 18 heavy (non-hydrogen) atoms. The first kappa shape index (κ1) is 12.6. The molecule has 1 atom stereocenters. The Morgan fingerprint density at radius 2 is 2.06 bits per heavy atom. The van der Waals surface area contributed by atoms with E-state index in [9.17, 15) is 8.78 Å². The molecule has 0 saturated heterocycles. The molecule has 0 saturated carbocycles. The highest BCUT2D eigenvalue weighted by Gasteiger charge is 2.14. The molecule has 0 aliphatic rings. The van der Waals surface area contributed by atoms with Gasteiger partial charge in [0.1, 0.15) is 11.6 Å². The van der Waals surface area contributed by atoms with Crippen molar-refractivity contribution in [2.45, 2.75) is 19.5 Å². The molecule has 0 aliphatic heterocycles. The number of hydrogen-bond donors (Lipinski definition) is 1. The predicted octanol–water partition coefficient (Wildman–Crippen LogP) is 1.91. The zero-order chi connectivity index (χ0) is 13.0. The number of aromatic nitrogens is 3. The van der Waals surface area contributed by atoms with Gasteiger partial charge in [-0.25, -0.2) is 8.78 Å². The lowest BCUT2D eigenvalue weighted by Crippen LogP contribution is -2.25. The first-order valence-electron chi connectivity index (χ1n) is 5.70. The SMILES string of the molecule is CC(NCCn1ccnn1)c1c(F)cccc1F. The van der Waals surface area contributed by atoms with E-state index in [1.165, 1.54) is 18.2 Å². The molecule has 0 aliphatic carbocycles. The Bertz CT molecular complexity index is 479. The molecule has 1 N–H and O–H groups in total. The zero-order valence-corrected chi connectivity index (χ0v) is 9.98. The Morgan fingerprint density at radius 1 is 1.33 bits per heavy atom. The lowest BCUT2D eigenvalue weighted by molar-refractivity contribution is 0.462. The maximum Gasteiger partial charge on any atom is 0.130 e. The first-order chi connectivity index (χ1) is 8.68. The molecule has 1 aromatic carbocycles. The van der Waals surface area contributed by atoms with Gasteiger partial charge in [-0.2, -0.15) is 0 Å². The first-order valence-corrected chi connectivity index (χ1v) is 5.70. The van der Waals surface area contributed by atoms with Crippen molar-refractivity contribution in [3.8, 4) is 0 Å². The molecule has 0 bridgehead atoms. The summed E-state index contributed by atoms with van der Waals surface area (Å²) in [4.78, 5) is 0. The largest absolute Gasteiger partial charge is 0.308 e. The van der Waals surface area contributed by atoms with E-state index in [2.05, 4.69) is 15.6 Å². The predicted molar refractivity (Wildman–Crippen MR) is 62.8 cm³/mol. The average Bonchev–Trinajstić information content (AvgIpc) is 2.82. The smallest absolute Gasteiger partial charge is 0.130 e. The van der Waals surface area contributed by atoms with Crippen LogP contribution < -0.4 is 5.32 Å². The maximum atomic E-state index is 13.5. The van der Waals surface area contributed by atoms with Gasteiger partial charge >= 0.3 is 0 Å². The molecule has 2 aromatic rings. The van der Waals surface area contributed by atoms with Crippen LogP contribution in [0, 0.1) is 11.6 Å². The Hall–Kier alpha value is -1.82. The van der Waals surface area contributed by atoms with Crippen LogP contribution in [0.2, 0.25) is 0 Å². The van der Waals surface area contributed by atoms with E-state index in [-0.39, 0.29) is 5.56 Å². The van der Waals surface area contributed by atoms with E-state index in [1.807, 2.05) is 0 Å². The van der Waals surface area contributed by atoms with Crippen LogP contribution in [0.25, 0.3) is 0 Å². The monoisotopic (exact) mass is 252 g/mol. The maximum absolute atomic E-state index is 13.5. The Labute approximate surface area is 104 Å². The Morgan fingerprint density at radius 3 is 2.67 bits per heavy atom. The number of benzene rings is 1. The van der Waals surface area contributed by atoms with Crippen molar-refractivity contribution >= 4 is 0 Å². The highest BCUT2D eigenvalue weighted by Crippen LogP contribution is 2.19. The summed E-state index contributed by atoms with van der Waals surface area (Å²) in [6.45, 7) is 2.88. The van der Waals surface area contributed by atoms with Gasteiger partial charge in [0.25, 0.3) is 0 Å². The second-order valence-electron chi connectivity index (χ2n) is 3.98. The van der Waals surface area contributed by atoms with E-state index in [4.69, 9.17) is 0 Å². The normalized spacial score (nSPS) is 12.6. The molecule has 1 aromatic heterocycles. The standard InChI is InChI=1S/C12H14F2N4/c1-9(12-10(13)3-2-4-11(12)14)15-5-7-18-8-6-16-17-18/h2-4,6,8-9,15H,5,7H2,1H3. The minimum absolute atomic E-state index is 0.0658. The summed E-state index contributed by atoms with van der Waals surface area (Å²) >= 11 is 0. The van der Waals surface area contributed by atoms with Crippen molar-refractivity contribution in [2.24, 2.45) is 0 Å². The van der Waals surface area contributed by atoms with Crippen LogP contribution in [0.15, 0.2) is 30.6 Å². The summed E-state index contributed by atoms with van der Waals surface area (Å²) in [5, 5.41) is 10.5. The molecule has 0 spiro atoms. The molecule has 6 heteroatoms. The summed E-state index contributed by atoms with van der Waals surface area (Å²) in [5.41, 5.74) is 0.0658. The van der Waals surface area contributed by atoms with E-state index < -0.39 is 17.7 Å². The summed E-state index contributed by atoms with van der Waals surface area (Å²) in [6, 6.07) is 3.48. The van der Waals surface area contributed by atoms with Crippen LogP contribution >= 0.6 is 0 Å². The number of halogens is 2. The van der Waals surface area contributed by atoms with Crippen LogP contribution in [0.5, 0.6) is 0 Å². The summed E-state index contributed by atoms with van der Waals surface area (Å²) in [5.74, 6) is -1.06. The summed E-state index contributed by atoms with van der Waals surface area (Å²) < 4.78 is 28.6. The van der Waals surface area contributed by atoms with Gasteiger partial charge in [-0.15, -0.1) is 5.10 Å². The number of nitrogens with zero attached hydrogens (tertiary/aromatic N) is 3. The van der Waals surface area contributed by atoms with Gasteiger partial charge < -0.3 is 5.32 Å². The number of nitrogens with one attached hydrogen (secondary N) is 1. The van der Waals surface area contributed by atoms with Crippen molar-refractivity contribution in [3.63, 3.8) is 0 Å². The topological polar surface area (TPSA) is 42.7 Å². The van der Waals surface area contributed by atoms with Gasteiger partial charge in [0.15, 0.2) is 0 Å². The van der Waals surface area contributed by atoms with E-state index in [1.54, 1.807) is 24.0 Å². The Balaban J connectivity index is 1.93. The van der Waals surface area contributed by atoms with Gasteiger partial charge in [-0.1, -0.05) is 11.3 Å². The summed E-state index contributed by atoms with van der Waals surface area (Å²) in [7, 11) is 0. The quantitative estimate of drug-likeness (QED) is 0.884. The van der Waals surface area contributed by atoms with Crippen LogP contribution in [0.3, 0.4) is 0 Å². The van der Waals surface area contributed by atoms with Gasteiger partial charge in [0.2, 0.25) is 0 Å². The van der Waals surface area contributed by atoms with Crippen molar-refractivity contribution in [1.82, 2.24) is 20.3 Å². The second kappa shape index (κ2) is 5.68. The van der Waals surface area contributed by atoms with Crippen LogP contribution in [-0.2, 0) is 6.54 Å². The molecular formula is C12H14F2N4. The summed E-state index contributed by atoms with van der Waals surface area (Å²) in [6.07, 6.45) is 3.32. The fourth-order valence-electron chi connectivity index (χ4n) is 1.77. The zero-order valence-electron chi connectivity index (χ0n) is 9.98. The lowest BCUT2D eigenvalue weighted by Gasteiger charge is -2.15. The molecule has 0 fully saturated rings. The van der Waals surface area contributed by atoms with Crippen LogP contribution in [0.4, 0.5) is 8.78 Å². The highest BCUT2D eigenvalue weighted by molar-refractivity contribution is 5.22. The van der Waals surface area contributed by atoms with E-state index >= 15 is 0 Å². The minimum Gasteiger partial charge on any atom is -0.308 e. The molecule has 0 amide bonds. The number of rotatable bonds is 5. The van der Waals surface area contributed by atoms with Gasteiger partial charge in [-0.3, -0.25) is 4.68 Å². The Kier molecular flexibility index (Phi) is 3.99. The van der Waals surface area contributed by atoms with Gasteiger partial charge in [0, 0.05) is 24.3 Å². The fraction of sp³-hybridized carbons (Fsp3) is 0.333. The molecule has 4 nitrogen and oxygen atoms in total. The van der Waals surface area contributed by atoms with Crippen molar-refractivity contribution < 1.29 is 8.78 Å². The van der Waals surface area contributed by atoms with Crippen LogP contribution in [0.1, 0.15) is 18.5 Å². The molecule has 96 valence electrons. The van der Waals surface area contributed by atoms with Gasteiger partial charge in [-0.05, 0) is 19.1 Å². The molecule has 1 unspecified atom stereocenters.